The summed E-state index contributed by atoms with van der Waals surface area (Å²) in [6.45, 7) is 1.64. The minimum atomic E-state index is -0.198. The summed E-state index contributed by atoms with van der Waals surface area (Å²) >= 11 is 5.96. The number of anilines is 1. The highest BCUT2D eigenvalue weighted by molar-refractivity contribution is 6.30. The van der Waals surface area contributed by atoms with E-state index in [4.69, 9.17) is 16.6 Å². The van der Waals surface area contributed by atoms with Crippen molar-refractivity contribution in [3.05, 3.63) is 77.1 Å². The molecule has 4 aromatic rings. The number of aromatic nitrogens is 3. The molecule has 1 saturated heterocycles. The molecule has 1 N–H and O–H groups in total. The average molecular weight is 443 g/mol. The van der Waals surface area contributed by atoms with Gasteiger partial charge in [-0.25, -0.2) is 9.97 Å². The van der Waals surface area contributed by atoms with E-state index in [9.17, 15) is 5.11 Å². The van der Waals surface area contributed by atoms with E-state index < -0.39 is 0 Å². The van der Waals surface area contributed by atoms with Crippen LogP contribution < -0.4 is 4.90 Å². The number of pyridine rings is 1. The Kier molecular flexibility index (Phi) is 5.57. The second kappa shape index (κ2) is 8.66. The number of aliphatic hydroxyl groups excluding tert-OH is 1. The van der Waals surface area contributed by atoms with Crippen LogP contribution in [0.1, 0.15) is 24.1 Å². The summed E-state index contributed by atoms with van der Waals surface area (Å²) in [5.41, 5.74) is 5.71. The molecule has 5 nitrogen and oxygen atoms in total. The van der Waals surface area contributed by atoms with Gasteiger partial charge in [0, 0.05) is 42.5 Å². The maximum Gasteiger partial charge on any atom is 0.206 e. The first-order valence-electron chi connectivity index (χ1n) is 10.7. The van der Waals surface area contributed by atoms with Crippen LogP contribution in [0.2, 0.25) is 5.02 Å². The highest BCUT2D eigenvalue weighted by atomic mass is 35.5. The number of hydrogen-bond donors (Lipinski definition) is 1. The third kappa shape index (κ3) is 4.20. The number of fused-ring (bicyclic) bond motifs is 1. The van der Waals surface area contributed by atoms with Crippen LogP contribution >= 0.6 is 11.6 Å². The van der Waals surface area contributed by atoms with Gasteiger partial charge in [-0.1, -0.05) is 35.7 Å². The largest absolute Gasteiger partial charge is 0.393 e. The van der Waals surface area contributed by atoms with E-state index in [0.717, 1.165) is 70.3 Å². The number of nitrogens with zero attached hydrogens (tertiary/aromatic N) is 4. The first-order valence-corrected chi connectivity index (χ1v) is 11.1. The van der Waals surface area contributed by atoms with Crippen molar-refractivity contribution in [1.82, 2.24) is 14.5 Å². The van der Waals surface area contributed by atoms with Crippen molar-refractivity contribution in [3.63, 3.8) is 0 Å². The Bertz CT molecular complexity index is 1310. The lowest BCUT2D eigenvalue weighted by Gasteiger charge is -2.30. The zero-order chi connectivity index (χ0) is 22.1. The molecule has 0 spiro atoms. The van der Waals surface area contributed by atoms with Gasteiger partial charge in [-0.2, -0.15) is 0 Å². The lowest BCUT2D eigenvalue weighted by Crippen LogP contribution is -2.37. The number of rotatable bonds is 2. The van der Waals surface area contributed by atoms with Gasteiger partial charge in [-0.3, -0.25) is 0 Å². The van der Waals surface area contributed by atoms with E-state index in [1.54, 1.807) is 0 Å². The first kappa shape index (κ1) is 20.6. The van der Waals surface area contributed by atoms with E-state index in [1.165, 1.54) is 0 Å². The fourth-order valence-electron chi connectivity index (χ4n) is 4.03. The van der Waals surface area contributed by atoms with Gasteiger partial charge in [0.2, 0.25) is 5.95 Å². The van der Waals surface area contributed by atoms with E-state index in [-0.39, 0.29) is 6.10 Å². The zero-order valence-corrected chi connectivity index (χ0v) is 18.5. The van der Waals surface area contributed by atoms with Crippen LogP contribution in [0.25, 0.3) is 22.2 Å². The smallest absolute Gasteiger partial charge is 0.206 e. The summed E-state index contributed by atoms with van der Waals surface area (Å²) in [4.78, 5) is 11.6. The predicted molar refractivity (Wildman–Crippen MR) is 129 cm³/mol. The molecule has 0 unspecified atom stereocenters. The Labute approximate surface area is 192 Å². The van der Waals surface area contributed by atoms with Crippen LogP contribution in [0, 0.1) is 11.8 Å². The molecule has 6 heteroatoms. The van der Waals surface area contributed by atoms with Crippen LogP contribution in [0.3, 0.4) is 0 Å². The molecule has 1 fully saturated rings. The Hall–Kier alpha value is -3.33. The summed E-state index contributed by atoms with van der Waals surface area (Å²) in [6, 6.07) is 17.8. The summed E-state index contributed by atoms with van der Waals surface area (Å²) in [5.74, 6) is 7.30. The van der Waals surface area contributed by atoms with Crippen molar-refractivity contribution < 1.29 is 5.11 Å². The molecule has 3 heterocycles. The zero-order valence-electron chi connectivity index (χ0n) is 17.8. The fourth-order valence-corrected chi connectivity index (χ4v) is 4.16. The molecule has 0 saturated carbocycles. The van der Waals surface area contributed by atoms with E-state index in [1.807, 2.05) is 61.8 Å². The summed E-state index contributed by atoms with van der Waals surface area (Å²) in [6.07, 6.45) is 3.20. The lowest BCUT2D eigenvalue weighted by molar-refractivity contribution is 0.145. The van der Waals surface area contributed by atoms with Crippen molar-refractivity contribution in [2.45, 2.75) is 18.9 Å². The molecule has 2 aromatic heterocycles. The van der Waals surface area contributed by atoms with Gasteiger partial charge in [0.1, 0.15) is 5.69 Å². The van der Waals surface area contributed by atoms with Gasteiger partial charge in [-0.15, -0.1) is 0 Å². The topological polar surface area (TPSA) is 54.2 Å². The Morgan fingerprint density at radius 2 is 1.72 bits per heavy atom. The maximum atomic E-state index is 9.78. The third-order valence-electron chi connectivity index (χ3n) is 5.88. The number of imidazole rings is 1. The van der Waals surface area contributed by atoms with Crippen molar-refractivity contribution in [2.75, 3.05) is 18.0 Å². The summed E-state index contributed by atoms with van der Waals surface area (Å²) in [7, 11) is 2.03. The van der Waals surface area contributed by atoms with Crippen LogP contribution in [0.5, 0.6) is 0 Å². The number of aryl methyl sites for hydroxylation is 1. The van der Waals surface area contributed by atoms with Crippen LogP contribution in [-0.4, -0.2) is 38.8 Å². The number of aliphatic hydroxyl groups is 1. The van der Waals surface area contributed by atoms with Crippen molar-refractivity contribution in [1.29, 1.82) is 0 Å². The SMILES string of the molecule is Cn1c(N2CCC(O)CC2)nc2cc(C#Cc3ccc(-c4ccc(Cl)cc4)cn3)ccc21. The van der Waals surface area contributed by atoms with E-state index in [2.05, 4.69) is 32.4 Å². The molecule has 2 aromatic carbocycles. The van der Waals surface area contributed by atoms with Crippen molar-refractivity contribution >= 4 is 28.6 Å². The Balaban J connectivity index is 1.36. The minimum Gasteiger partial charge on any atom is -0.393 e. The highest BCUT2D eigenvalue weighted by Gasteiger charge is 2.21. The number of piperidine rings is 1. The van der Waals surface area contributed by atoms with Gasteiger partial charge < -0.3 is 14.6 Å². The molecule has 5 rings (SSSR count). The molecule has 1 aliphatic heterocycles. The average Bonchev–Trinajstić information content (AvgIpc) is 3.15. The van der Waals surface area contributed by atoms with E-state index in [0.29, 0.717) is 0 Å². The van der Waals surface area contributed by atoms with Gasteiger partial charge >= 0.3 is 0 Å². The molecular formula is C26H23ClN4O. The molecule has 0 amide bonds. The lowest BCUT2D eigenvalue weighted by atomic mass is 10.1. The quantitative estimate of drug-likeness (QED) is 0.459. The second-order valence-corrected chi connectivity index (χ2v) is 8.52. The van der Waals surface area contributed by atoms with Crippen LogP contribution in [0.15, 0.2) is 60.8 Å². The fraction of sp³-hybridized carbons (Fsp3) is 0.231. The summed E-state index contributed by atoms with van der Waals surface area (Å²) < 4.78 is 2.11. The maximum absolute atomic E-state index is 9.78. The molecular weight excluding hydrogens is 420 g/mol. The number of hydrogen-bond acceptors (Lipinski definition) is 4. The highest BCUT2D eigenvalue weighted by Crippen LogP contribution is 2.25. The van der Waals surface area contributed by atoms with Crippen molar-refractivity contribution in [3.8, 4) is 23.0 Å². The molecule has 1 aliphatic rings. The molecule has 0 bridgehead atoms. The molecule has 0 atom stereocenters. The van der Waals surface area contributed by atoms with Gasteiger partial charge in [-0.05, 0) is 60.7 Å². The van der Waals surface area contributed by atoms with Gasteiger partial charge in [0.05, 0.1) is 17.1 Å². The minimum absolute atomic E-state index is 0.198. The van der Waals surface area contributed by atoms with Gasteiger partial charge in [0.15, 0.2) is 0 Å². The summed E-state index contributed by atoms with van der Waals surface area (Å²) in [5, 5.41) is 10.5. The Morgan fingerprint density at radius 1 is 0.969 bits per heavy atom. The predicted octanol–water partition coefficient (Wildman–Crippen LogP) is 4.65. The van der Waals surface area contributed by atoms with E-state index >= 15 is 0 Å². The first-order chi connectivity index (χ1) is 15.6. The molecule has 32 heavy (non-hydrogen) atoms. The normalized spacial score (nSPS) is 14.4. The Morgan fingerprint density at radius 3 is 2.44 bits per heavy atom. The standard InChI is InChI=1S/C26H23ClN4O/c1-30-25-11-3-18(16-24(25)29-26(30)31-14-12-23(32)13-15-31)2-9-22-10-6-20(17-28-22)19-4-7-21(27)8-5-19/h3-8,10-11,16-17,23,32H,12-15H2,1H3. The van der Waals surface area contributed by atoms with Crippen molar-refractivity contribution in [2.24, 2.45) is 7.05 Å². The van der Waals surface area contributed by atoms with Crippen LogP contribution in [0.4, 0.5) is 5.95 Å². The number of halogens is 1. The molecule has 160 valence electrons. The number of benzene rings is 2. The van der Waals surface area contributed by atoms with Gasteiger partial charge in [0.25, 0.3) is 0 Å². The molecule has 0 radical (unpaired) electrons. The third-order valence-corrected chi connectivity index (χ3v) is 6.13. The monoisotopic (exact) mass is 442 g/mol. The second-order valence-electron chi connectivity index (χ2n) is 8.08. The molecule has 0 aliphatic carbocycles. The van der Waals surface area contributed by atoms with Crippen LogP contribution in [-0.2, 0) is 7.05 Å².